The summed E-state index contributed by atoms with van der Waals surface area (Å²) in [6.07, 6.45) is -1.17. The molecule has 6 heteroatoms. The van der Waals surface area contributed by atoms with E-state index in [-0.39, 0.29) is 0 Å². The SMILES string of the molecule is CC(C)C.CC(C)C.CCC.CCC.O=C(O)O.O=C(O)O. The summed E-state index contributed by atoms with van der Waals surface area (Å²) >= 11 is 0. The van der Waals surface area contributed by atoms with Gasteiger partial charge in [0.1, 0.15) is 0 Å². The van der Waals surface area contributed by atoms with Crippen LogP contribution in [0.5, 0.6) is 0 Å². The van der Waals surface area contributed by atoms with Crippen molar-refractivity contribution in [1.82, 2.24) is 0 Å². The van der Waals surface area contributed by atoms with Crippen LogP contribution in [-0.4, -0.2) is 32.7 Å². The van der Waals surface area contributed by atoms with Crippen LogP contribution in [0.25, 0.3) is 0 Å². The van der Waals surface area contributed by atoms with E-state index in [1.165, 1.54) is 12.8 Å². The highest BCUT2D eigenvalue weighted by molar-refractivity contribution is 5.53. The quantitative estimate of drug-likeness (QED) is 0.398. The molecular formula is C16H40O6. The van der Waals surface area contributed by atoms with Crippen LogP contribution in [0.2, 0.25) is 0 Å². The summed E-state index contributed by atoms with van der Waals surface area (Å²) in [7, 11) is 0. The van der Waals surface area contributed by atoms with Gasteiger partial charge in [0.25, 0.3) is 0 Å². The second kappa shape index (κ2) is 42.7. The van der Waals surface area contributed by atoms with Gasteiger partial charge in [-0.1, -0.05) is 82.1 Å². The molecule has 0 saturated heterocycles. The van der Waals surface area contributed by atoms with Crippen LogP contribution < -0.4 is 0 Å². The van der Waals surface area contributed by atoms with E-state index in [1.54, 1.807) is 0 Å². The molecule has 0 radical (unpaired) electrons. The Morgan fingerprint density at radius 2 is 0.591 bits per heavy atom. The summed E-state index contributed by atoms with van der Waals surface area (Å²) in [6.45, 7) is 21.5. The Morgan fingerprint density at radius 3 is 0.591 bits per heavy atom. The topological polar surface area (TPSA) is 115 Å². The van der Waals surface area contributed by atoms with Crippen molar-refractivity contribution in [2.75, 3.05) is 0 Å². The first-order chi connectivity index (χ1) is 9.76. The maximum Gasteiger partial charge on any atom is 0.503 e. The first-order valence-electron chi connectivity index (χ1n) is 7.60. The van der Waals surface area contributed by atoms with Crippen molar-refractivity contribution >= 4 is 12.3 Å². The third kappa shape index (κ3) is 2680. The lowest BCUT2D eigenvalue weighted by atomic mass is 10.3. The zero-order valence-corrected chi connectivity index (χ0v) is 16.2. The average molecular weight is 328 g/mol. The molecule has 0 rings (SSSR count). The van der Waals surface area contributed by atoms with E-state index in [0.29, 0.717) is 0 Å². The van der Waals surface area contributed by atoms with E-state index >= 15 is 0 Å². The third-order valence-corrected chi connectivity index (χ3v) is 0. The molecule has 0 unspecified atom stereocenters. The Hall–Kier alpha value is -1.46. The predicted octanol–water partition coefficient (Wildman–Crippen LogP) is 6.60. The van der Waals surface area contributed by atoms with Crippen LogP contribution in [0.1, 0.15) is 82.1 Å². The Labute approximate surface area is 137 Å². The fourth-order valence-corrected chi connectivity index (χ4v) is 0. The van der Waals surface area contributed by atoms with Gasteiger partial charge >= 0.3 is 12.3 Å². The summed E-state index contributed by atoms with van der Waals surface area (Å²) in [5.74, 6) is 1.67. The standard InChI is InChI=1S/2C4H10.2C3H8.2CH2O3/c2*1-4(2)3;2*1-3-2;2*2-1(3)4/h2*4H,1-3H3;2*3H2,1-2H3;2*(H2,2,3,4). The van der Waals surface area contributed by atoms with Gasteiger partial charge < -0.3 is 20.4 Å². The van der Waals surface area contributed by atoms with Crippen molar-refractivity contribution in [1.29, 1.82) is 0 Å². The summed E-state index contributed by atoms with van der Waals surface area (Å²) in [6, 6.07) is 0. The van der Waals surface area contributed by atoms with Gasteiger partial charge in [-0.25, -0.2) is 9.59 Å². The number of rotatable bonds is 0. The van der Waals surface area contributed by atoms with Gasteiger partial charge in [0.05, 0.1) is 0 Å². The highest BCUT2D eigenvalue weighted by atomic mass is 16.6. The number of hydrogen-bond donors (Lipinski definition) is 4. The molecule has 4 N–H and O–H groups in total. The number of carboxylic acid groups (broad SMARTS) is 4. The Morgan fingerprint density at radius 1 is 0.591 bits per heavy atom. The molecular weight excluding hydrogens is 288 g/mol. The van der Waals surface area contributed by atoms with Crippen LogP contribution in [-0.2, 0) is 0 Å². The molecule has 0 aromatic carbocycles. The first kappa shape index (κ1) is 37.1. The molecule has 6 nitrogen and oxygen atoms in total. The van der Waals surface area contributed by atoms with Crippen LogP contribution in [0.4, 0.5) is 9.59 Å². The molecule has 0 aromatic rings. The van der Waals surface area contributed by atoms with Crippen LogP contribution in [0.3, 0.4) is 0 Å². The minimum absolute atomic E-state index is 0.833. The molecule has 0 aliphatic rings. The molecule has 0 atom stereocenters. The zero-order chi connectivity index (χ0) is 19.7. The monoisotopic (exact) mass is 328 g/mol. The van der Waals surface area contributed by atoms with Crippen molar-refractivity contribution in [3.63, 3.8) is 0 Å². The van der Waals surface area contributed by atoms with Gasteiger partial charge in [0, 0.05) is 0 Å². The zero-order valence-electron chi connectivity index (χ0n) is 16.2. The lowest BCUT2D eigenvalue weighted by molar-refractivity contribution is 0.135. The van der Waals surface area contributed by atoms with Gasteiger partial charge in [-0.3, -0.25) is 0 Å². The molecule has 0 aliphatic heterocycles. The fourth-order valence-electron chi connectivity index (χ4n) is 0. The molecule has 140 valence electrons. The van der Waals surface area contributed by atoms with E-state index in [9.17, 15) is 0 Å². The van der Waals surface area contributed by atoms with Gasteiger partial charge in [-0.05, 0) is 11.8 Å². The molecule has 0 bridgehead atoms. The van der Waals surface area contributed by atoms with E-state index in [2.05, 4.69) is 69.2 Å². The number of hydrogen-bond acceptors (Lipinski definition) is 2. The van der Waals surface area contributed by atoms with Crippen LogP contribution >= 0.6 is 0 Å². The van der Waals surface area contributed by atoms with Crippen molar-refractivity contribution < 1.29 is 30.0 Å². The Kier molecular flexibility index (Phi) is 72.0. The lowest BCUT2D eigenvalue weighted by Gasteiger charge is -1.79. The minimum atomic E-state index is -1.83. The lowest BCUT2D eigenvalue weighted by Crippen LogP contribution is -1.81. The smallest absolute Gasteiger partial charge is 0.450 e. The second-order valence-electron chi connectivity index (χ2n) is 5.44. The maximum atomic E-state index is 8.56. The summed E-state index contributed by atoms with van der Waals surface area (Å²) in [4.78, 5) is 17.1. The second-order valence-corrected chi connectivity index (χ2v) is 5.44. The average Bonchev–Trinajstić information content (AvgIpc) is 2.13. The van der Waals surface area contributed by atoms with E-state index in [0.717, 1.165) is 11.8 Å². The molecule has 0 aliphatic carbocycles. The van der Waals surface area contributed by atoms with Crippen molar-refractivity contribution in [2.45, 2.75) is 82.1 Å². The maximum absolute atomic E-state index is 8.56. The van der Waals surface area contributed by atoms with Crippen molar-refractivity contribution in [3.05, 3.63) is 0 Å². The van der Waals surface area contributed by atoms with Crippen molar-refractivity contribution in [2.24, 2.45) is 11.8 Å². The molecule has 0 aromatic heterocycles. The molecule has 0 saturated carbocycles. The van der Waals surface area contributed by atoms with Crippen LogP contribution in [0, 0.1) is 11.8 Å². The molecule has 0 amide bonds. The fraction of sp³-hybridized carbons (Fsp3) is 0.875. The summed E-state index contributed by atoms with van der Waals surface area (Å²) in [5.41, 5.74) is 0. The van der Waals surface area contributed by atoms with Gasteiger partial charge in [-0.15, -0.1) is 0 Å². The highest BCUT2D eigenvalue weighted by Gasteiger charge is 1.70. The minimum Gasteiger partial charge on any atom is -0.450 e. The molecule has 0 spiro atoms. The van der Waals surface area contributed by atoms with E-state index < -0.39 is 12.3 Å². The highest BCUT2D eigenvalue weighted by Crippen LogP contribution is 1.81. The summed E-state index contributed by atoms with van der Waals surface area (Å²) in [5, 5.41) is 27.9. The van der Waals surface area contributed by atoms with E-state index in [4.69, 9.17) is 30.0 Å². The Bertz CT molecular complexity index is 146. The van der Waals surface area contributed by atoms with Gasteiger partial charge in [0.2, 0.25) is 0 Å². The van der Waals surface area contributed by atoms with Crippen LogP contribution in [0.15, 0.2) is 0 Å². The summed E-state index contributed by atoms with van der Waals surface area (Å²) < 4.78 is 0. The van der Waals surface area contributed by atoms with Gasteiger partial charge in [0.15, 0.2) is 0 Å². The van der Waals surface area contributed by atoms with E-state index in [1.807, 2.05) is 0 Å². The largest absolute Gasteiger partial charge is 0.503 e. The third-order valence-electron chi connectivity index (χ3n) is 0. The molecule has 0 fully saturated rings. The number of carbonyl (C=O) groups is 2. The Balaban J connectivity index is -0.0000000351. The normalized spacial score (nSPS) is 7.09. The molecule has 0 heterocycles. The first-order valence-corrected chi connectivity index (χ1v) is 7.60. The van der Waals surface area contributed by atoms with Gasteiger partial charge in [-0.2, -0.15) is 0 Å². The van der Waals surface area contributed by atoms with Crippen molar-refractivity contribution in [3.8, 4) is 0 Å². The molecule has 22 heavy (non-hydrogen) atoms. The predicted molar refractivity (Wildman–Crippen MR) is 94.3 cm³/mol.